The van der Waals surface area contributed by atoms with Gasteiger partial charge in [-0.25, -0.2) is 0 Å². The molecule has 0 aliphatic rings. The third-order valence-corrected chi connectivity index (χ3v) is 15.4. The Morgan fingerprint density at radius 1 is 0.529 bits per heavy atom. The Hall–Kier alpha value is -6.44. The molecular formula is C58H63N3O7S2. The third kappa shape index (κ3) is 13.7. The van der Waals surface area contributed by atoms with Gasteiger partial charge in [0.05, 0.1) is 40.6 Å². The Labute approximate surface area is 420 Å². The molecule has 0 radical (unpaired) electrons. The van der Waals surface area contributed by atoms with Gasteiger partial charge < -0.3 is 31.3 Å². The number of amides is 3. The van der Waals surface area contributed by atoms with Crippen molar-refractivity contribution in [1.29, 1.82) is 0 Å². The van der Waals surface area contributed by atoms with Gasteiger partial charge in [-0.05, 0) is 58.4 Å². The van der Waals surface area contributed by atoms with Gasteiger partial charge >= 0.3 is 5.97 Å². The number of aliphatic carboxylic acids is 1. The van der Waals surface area contributed by atoms with Crippen molar-refractivity contribution >= 4 is 47.2 Å². The molecule has 0 unspecified atom stereocenters. The van der Waals surface area contributed by atoms with E-state index < -0.39 is 69.9 Å². The van der Waals surface area contributed by atoms with E-state index >= 15 is 0 Å². The average Bonchev–Trinajstić information content (AvgIpc) is 3.37. The van der Waals surface area contributed by atoms with Crippen molar-refractivity contribution in [2.75, 3.05) is 11.5 Å². The summed E-state index contributed by atoms with van der Waals surface area (Å²) in [5.41, 5.74) is 6.26. The highest BCUT2D eigenvalue weighted by Crippen LogP contribution is 2.50. The molecule has 0 fully saturated rings. The van der Waals surface area contributed by atoms with Crippen LogP contribution < -0.4 is 16.0 Å². The molecule has 12 heteroatoms. The van der Waals surface area contributed by atoms with E-state index in [1.54, 1.807) is 31.7 Å². The van der Waals surface area contributed by atoms with Gasteiger partial charge in [-0.3, -0.25) is 19.2 Å². The Morgan fingerprint density at radius 2 is 0.914 bits per heavy atom. The Morgan fingerprint density at radius 3 is 1.29 bits per heavy atom. The highest BCUT2D eigenvalue weighted by atomic mass is 32.2. The second-order valence-corrected chi connectivity index (χ2v) is 20.0. The molecule has 3 amide bonds. The summed E-state index contributed by atoms with van der Waals surface area (Å²) in [6.07, 6.45) is 0.675. The molecule has 5 atom stereocenters. The molecule has 364 valence electrons. The summed E-state index contributed by atoms with van der Waals surface area (Å²) in [6, 6.07) is 57.6. The van der Waals surface area contributed by atoms with Crippen LogP contribution in [0.2, 0.25) is 0 Å². The number of benzene rings is 6. The van der Waals surface area contributed by atoms with Crippen molar-refractivity contribution in [3.05, 3.63) is 228 Å². The van der Waals surface area contributed by atoms with Crippen molar-refractivity contribution in [3.63, 3.8) is 0 Å². The van der Waals surface area contributed by atoms with Crippen LogP contribution >= 0.6 is 23.5 Å². The van der Waals surface area contributed by atoms with Crippen molar-refractivity contribution in [1.82, 2.24) is 16.0 Å². The SMILES string of the molecule is CC(C)[C@@H](NC(=O)[C@@H](CSC(c1ccccc1)(c1ccccc1)c1ccccc1)NC(=O)[C@@H](C)NC(=O)C[C@H](O)/C=C/CCSC(c1ccccc1)(c1ccccc1)c1ccccc1)[C@@H](O)CC(=O)O. The first kappa shape index (κ1) is 52.9. The maximum absolute atomic E-state index is 14.4. The molecule has 70 heavy (non-hydrogen) atoms. The maximum atomic E-state index is 14.4. The van der Waals surface area contributed by atoms with Crippen LogP contribution in [0, 0.1) is 5.92 Å². The van der Waals surface area contributed by atoms with E-state index in [-0.39, 0.29) is 18.1 Å². The first-order chi connectivity index (χ1) is 33.8. The zero-order valence-corrected chi connectivity index (χ0v) is 41.4. The topological polar surface area (TPSA) is 165 Å². The van der Waals surface area contributed by atoms with Gasteiger partial charge in [0.2, 0.25) is 17.7 Å². The lowest BCUT2D eigenvalue weighted by molar-refractivity contribution is -0.140. The molecule has 0 bridgehead atoms. The third-order valence-electron chi connectivity index (χ3n) is 12.1. The normalized spacial score (nSPS) is 14.0. The fourth-order valence-corrected chi connectivity index (χ4v) is 11.7. The van der Waals surface area contributed by atoms with Crippen LogP contribution in [0.1, 0.15) is 73.4 Å². The van der Waals surface area contributed by atoms with Crippen LogP contribution in [-0.4, -0.2) is 80.8 Å². The van der Waals surface area contributed by atoms with E-state index in [1.807, 2.05) is 152 Å². The van der Waals surface area contributed by atoms with E-state index in [4.69, 9.17) is 0 Å². The minimum absolute atomic E-state index is 0.0295. The highest BCUT2D eigenvalue weighted by molar-refractivity contribution is 8.00. The number of thioether (sulfide) groups is 2. The predicted molar refractivity (Wildman–Crippen MR) is 282 cm³/mol. The number of carbonyl (C=O) groups is 4. The zero-order valence-electron chi connectivity index (χ0n) is 39.8. The number of aliphatic hydroxyl groups is 2. The van der Waals surface area contributed by atoms with E-state index in [9.17, 15) is 34.5 Å². The number of hydrogen-bond donors (Lipinski definition) is 6. The second kappa shape index (κ2) is 26.0. The predicted octanol–water partition coefficient (Wildman–Crippen LogP) is 9.10. The van der Waals surface area contributed by atoms with Crippen LogP contribution in [-0.2, 0) is 28.7 Å². The molecule has 6 aromatic carbocycles. The van der Waals surface area contributed by atoms with E-state index in [0.717, 1.165) is 33.4 Å². The quantitative estimate of drug-likeness (QED) is 0.0187. The fraction of sp³-hybridized carbons (Fsp3) is 0.276. The lowest BCUT2D eigenvalue weighted by Crippen LogP contribution is -2.57. The van der Waals surface area contributed by atoms with Crippen LogP contribution in [0.5, 0.6) is 0 Å². The number of aliphatic hydroxyl groups excluding tert-OH is 2. The average molecular weight is 978 g/mol. The lowest BCUT2D eigenvalue weighted by atomic mass is 9.84. The van der Waals surface area contributed by atoms with E-state index in [1.165, 1.54) is 18.7 Å². The summed E-state index contributed by atoms with van der Waals surface area (Å²) in [6.45, 7) is 5.03. The number of carboxylic acids is 1. The van der Waals surface area contributed by atoms with Crippen LogP contribution in [0.3, 0.4) is 0 Å². The second-order valence-electron chi connectivity index (χ2n) is 17.5. The number of carbonyl (C=O) groups excluding carboxylic acids is 3. The van der Waals surface area contributed by atoms with Gasteiger partial charge in [-0.2, -0.15) is 0 Å². The molecule has 0 heterocycles. The summed E-state index contributed by atoms with van der Waals surface area (Å²) in [7, 11) is 0. The lowest BCUT2D eigenvalue weighted by Gasteiger charge is -2.37. The minimum atomic E-state index is -1.40. The van der Waals surface area contributed by atoms with Gasteiger partial charge in [0.15, 0.2) is 0 Å². The number of hydrogen-bond acceptors (Lipinski definition) is 8. The van der Waals surface area contributed by atoms with Gasteiger partial charge in [0.1, 0.15) is 12.1 Å². The monoisotopic (exact) mass is 977 g/mol. The van der Waals surface area contributed by atoms with Crippen molar-refractivity contribution in [2.24, 2.45) is 5.92 Å². The summed E-state index contributed by atoms with van der Waals surface area (Å²) < 4.78 is -1.35. The molecule has 0 spiro atoms. The number of carboxylic acid groups (broad SMARTS) is 1. The molecule has 0 aromatic heterocycles. The minimum Gasteiger partial charge on any atom is -0.481 e. The number of allylic oxidation sites excluding steroid dienone is 1. The molecule has 10 nitrogen and oxygen atoms in total. The standard InChI is InChI=1S/C58H63N3O7S2/c1-41(2)54(51(63)39-53(65)66)61-56(68)50(40-70-58(46-30-16-7-17-31-46,47-32-18-8-19-33-47)48-34-20-9-21-35-48)60-55(67)42(3)59-52(64)38-49(62)36-22-23-37-69-57(43-24-10-4-11-25-43,44-26-12-5-13-27-44)45-28-14-6-15-29-45/h4-22,24-36,41-42,49-51,54,62-63H,23,37-40H2,1-3H3,(H,59,64)(H,60,67)(H,61,68)(H,65,66)/b36-22+/t42-,49-,50-,51+,54-/m1/s1. The van der Waals surface area contributed by atoms with Gasteiger partial charge in [-0.15, -0.1) is 23.5 Å². The molecular weight excluding hydrogens is 915 g/mol. The van der Waals surface area contributed by atoms with E-state index in [0.29, 0.717) is 12.2 Å². The van der Waals surface area contributed by atoms with Crippen molar-refractivity contribution < 1.29 is 34.5 Å². The molecule has 6 aromatic rings. The summed E-state index contributed by atoms with van der Waals surface area (Å²) >= 11 is 3.24. The van der Waals surface area contributed by atoms with Gasteiger partial charge in [0, 0.05) is 5.75 Å². The maximum Gasteiger partial charge on any atom is 0.306 e. The number of rotatable bonds is 25. The van der Waals surface area contributed by atoms with Gasteiger partial charge in [0.25, 0.3) is 0 Å². The number of nitrogens with one attached hydrogen (secondary N) is 3. The Balaban J connectivity index is 1.15. The Kier molecular flexibility index (Phi) is 19.6. The first-order valence-corrected chi connectivity index (χ1v) is 25.6. The van der Waals surface area contributed by atoms with Crippen molar-refractivity contribution in [3.8, 4) is 0 Å². The zero-order chi connectivity index (χ0) is 49.9. The molecule has 0 saturated carbocycles. The summed E-state index contributed by atoms with van der Waals surface area (Å²) in [5.74, 6) is -2.68. The summed E-state index contributed by atoms with van der Waals surface area (Å²) in [4.78, 5) is 53.4. The highest BCUT2D eigenvalue weighted by Gasteiger charge is 2.40. The van der Waals surface area contributed by atoms with Crippen LogP contribution in [0.4, 0.5) is 0 Å². The molecule has 0 aliphatic heterocycles. The Bertz CT molecular complexity index is 2400. The smallest absolute Gasteiger partial charge is 0.306 e. The van der Waals surface area contributed by atoms with Gasteiger partial charge in [-0.1, -0.05) is 208 Å². The first-order valence-electron chi connectivity index (χ1n) is 23.6. The molecule has 6 rings (SSSR count). The van der Waals surface area contributed by atoms with Crippen LogP contribution in [0.15, 0.2) is 194 Å². The fourth-order valence-electron chi connectivity index (χ4n) is 8.66. The van der Waals surface area contributed by atoms with Crippen molar-refractivity contribution in [2.45, 2.75) is 79.9 Å². The molecule has 0 aliphatic carbocycles. The van der Waals surface area contributed by atoms with Crippen LogP contribution in [0.25, 0.3) is 0 Å². The largest absolute Gasteiger partial charge is 0.481 e. The summed E-state index contributed by atoms with van der Waals surface area (Å²) in [5, 5.41) is 39.7. The molecule has 0 saturated heterocycles. The molecule has 6 N–H and O–H groups in total. The van der Waals surface area contributed by atoms with E-state index in [2.05, 4.69) is 52.3 Å².